The van der Waals surface area contributed by atoms with Crippen LogP contribution >= 0.6 is 34.5 Å². The Kier molecular flexibility index (Phi) is 6.68. The van der Waals surface area contributed by atoms with E-state index >= 15 is 0 Å². The van der Waals surface area contributed by atoms with Crippen LogP contribution in [-0.4, -0.2) is 54.7 Å². The number of anilines is 1. The van der Waals surface area contributed by atoms with Crippen molar-refractivity contribution in [3.63, 3.8) is 0 Å². The fraction of sp³-hybridized carbons (Fsp3) is 0.296. The first-order valence-electron chi connectivity index (χ1n) is 11.7. The lowest BCUT2D eigenvalue weighted by molar-refractivity contribution is 0.0656. The Morgan fingerprint density at radius 3 is 2.39 bits per heavy atom. The number of thiophene rings is 1. The highest BCUT2D eigenvalue weighted by atomic mass is 35.5. The molecule has 2 heterocycles. The minimum absolute atomic E-state index is 0.162. The van der Waals surface area contributed by atoms with E-state index in [-0.39, 0.29) is 33.8 Å². The molecule has 36 heavy (non-hydrogen) atoms. The van der Waals surface area contributed by atoms with Gasteiger partial charge in [0.2, 0.25) is 0 Å². The van der Waals surface area contributed by atoms with Crippen molar-refractivity contribution in [3.05, 3.63) is 85.0 Å². The van der Waals surface area contributed by atoms with Gasteiger partial charge in [0.15, 0.2) is 0 Å². The molecule has 3 amide bonds. The highest BCUT2D eigenvalue weighted by Gasteiger charge is 2.44. The second-order valence-electron chi connectivity index (χ2n) is 9.66. The molecule has 186 valence electrons. The average Bonchev–Trinajstić information content (AvgIpc) is 3.39. The first kappa shape index (κ1) is 25.0. The number of hydrogen-bond donors (Lipinski definition) is 1. The van der Waals surface area contributed by atoms with Gasteiger partial charge in [0.1, 0.15) is 0 Å². The largest absolute Gasteiger partial charge is 0.320 e. The summed E-state index contributed by atoms with van der Waals surface area (Å²) in [5, 5.41) is 2.99. The van der Waals surface area contributed by atoms with Crippen LogP contribution in [0.4, 0.5) is 5.69 Å². The van der Waals surface area contributed by atoms with Crippen molar-refractivity contribution in [2.24, 2.45) is 0 Å². The number of benzene rings is 2. The standard InChI is InChI=1S/C27H25Cl2N3O3S/c1-31(2)15-27(10-11-27)17-5-3-16(4-6-17)9-12-32-25(34)19-13-18(28)14-20(23(19)26(32)35)30-24(33)21-7-8-22(29)36-21/h3-8,13-14H,9-12,15H2,1-2H3,(H,30,33). The molecule has 9 heteroatoms. The van der Waals surface area contributed by atoms with Crippen molar-refractivity contribution in [2.75, 3.05) is 32.5 Å². The molecule has 1 aliphatic carbocycles. The number of imide groups is 1. The molecule has 1 aliphatic heterocycles. The van der Waals surface area contributed by atoms with Gasteiger partial charge in [-0.25, -0.2) is 0 Å². The fourth-order valence-corrected chi connectivity index (χ4v) is 6.02. The zero-order valence-corrected chi connectivity index (χ0v) is 22.3. The Morgan fingerprint density at radius 2 is 1.78 bits per heavy atom. The summed E-state index contributed by atoms with van der Waals surface area (Å²) in [5.41, 5.74) is 3.21. The van der Waals surface area contributed by atoms with Crippen molar-refractivity contribution in [1.29, 1.82) is 0 Å². The Bertz CT molecular complexity index is 1360. The van der Waals surface area contributed by atoms with Gasteiger partial charge in [0.25, 0.3) is 17.7 Å². The third-order valence-corrected chi connectivity index (χ3v) is 8.19. The summed E-state index contributed by atoms with van der Waals surface area (Å²) < 4.78 is 0.479. The molecule has 1 fully saturated rings. The summed E-state index contributed by atoms with van der Waals surface area (Å²) >= 11 is 13.3. The molecule has 6 nitrogen and oxygen atoms in total. The number of carbonyl (C=O) groups excluding carboxylic acids is 3. The van der Waals surface area contributed by atoms with Crippen LogP contribution in [0.5, 0.6) is 0 Å². The molecule has 0 unspecified atom stereocenters. The van der Waals surface area contributed by atoms with Crippen LogP contribution in [0.1, 0.15) is 54.4 Å². The highest BCUT2D eigenvalue weighted by molar-refractivity contribution is 7.18. The van der Waals surface area contributed by atoms with Crippen LogP contribution in [0.3, 0.4) is 0 Å². The quantitative estimate of drug-likeness (QED) is 0.369. The number of amides is 3. The van der Waals surface area contributed by atoms with Crippen LogP contribution < -0.4 is 5.32 Å². The molecule has 0 bridgehead atoms. The molecule has 0 saturated heterocycles. The lowest BCUT2D eigenvalue weighted by atomic mass is 9.94. The number of carbonyl (C=O) groups is 3. The van der Waals surface area contributed by atoms with E-state index in [9.17, 15) is 14.4 Å². The third-order valence-electron chi connectivity index (χ3n) is 6.75. The molecule has 3 aromatic rings. The summed E-state index contributed by atoms with van der Waals surface area (Å²) in [5.74, 6) is -1.27. The van der Waals surface area contributed by atoms with Crippen molar-refractivity contribution < 1.29 is 14.4 Å². The topological polar surface area (TPSA) is 69.7 Å². The van der Waals surface area contributed by atoms with Crippen molar-refractivity contribution >= 4 is 57.9 Å². The van der Waals surface area contributed by atoms with Gasteiger partial charge >= 0.3 is 0 Å². The Morgan fingerprint density at radius 1 is 1.06 bits per heavy atom. The van der Waals surface area contributed by atoms with Gasteiger partial charge < -0.3 is 10.2 Å². The number of halogens is 2. The van der Waals surface area contributed by atoms with Crippen LogP contribution in [0.15, 0.2) is 48.5 Å². The second kappa shape index (κ2) is 9.63. The molecule has 0 spiro atoms. The second-order valence-corrected chi connectivity index (χ2v) is 11.8. The summed E-state index contributed by atoms with van der Waals surface area (Å²) in [7, 11) is 4.19. The van der Waals surface area contributed by atoms with Crippen molar-refractivity contribution in [1.82, 2.24) is 9.80 Å². The maximum absolute atomic E-state index is 13.3. The lowest BCUT2D eigenvalue weighted by Crippen LogP contribution is -2.32. The van der Waals surface area contributed by atoms with Crippen molar-refractivity contribution in [3.8, 4) is 0 Å². The first-order chi connectivity index (χ1) is 17.2. The molecular weight excluding hydrogens is 517 g/mol. The highest BCUT2D eigenvalue weighted by Crippen LogP contribution is 2.48. The molecular formula is C27H25Cl2N3O3S. The molecule has 5 rings (SSSR count). The predicted octanol–water partition coefficient (Wildman–Crippen LogP) is 5.74. The number of nitrogens with zero attached hydrogens (tertiary/aromatic N) is 2. The molecule has 1 aromatic heterocycles. The Balaban J connectivity index is 1.30. The average molecular weight is 542 g/mol. The maximum atomic E-state index is 13.3. The minimum Gasteiger partial charge on any atom is -0.320 e. The van der Waals surface area contributed by atoms with E-state index < -0.39 is 17.7 Å². The van der Waals surface area contributed by atoms with E-state index in [1.165, 1.54) is 35.4 Å². The fourth-order valence-electron chi connectivity index (χ4n) is 4.86. The number of likely N-dealkylation sites (N-methyl/N-ethyl adjacent to an activating group) is 1. The summed E-state index contributed by atoms with van der Waals surface area (Å²) in [4.78, 5) is 42.9. The third kappa shape index (κ3) is 4.81. The molecule has 2 aromatic carbocycles. The van der Waals surface area contributed by atoms with Crippen LogP contribution in [-0.2, 0) is 11.8 Å². The van der Waals surface area contributed by atoms with Gasteiger partial charge in [-0.15, -0.1) is 11.3 Å². The van der Waals surface area contributed by atoms with Crippen LogP contribution in [0, 0.1) is 0 Å². The summed E-state index contributed by atoms with van der Waals surface area (Å²) in [6.45, 7) is 1.27. The van der Waals surface area contributed by atoms with Crippen LogP contribution in [0.25, 0.3) is 0 Å². The maximum Gasteiger partial charge on any atom is 0.265 e. The SMILES string of the molecule is CN(C)CC1(c2ccc(CCN3C(=O)c4cc(Cl)cc(NC(=O)c5ccc(Cl)s5)c4C3=O)cc2)CC1. The van der Waals surface area contributed by atoms with Gasteiger partial charge in [-0.05, 0) is 68.8 Å². The Labute approximate surface area is 223 Å². The van der Waals surface area contributed by atoms with Gasteiger partial charge in [-0.2, -0.15) is 0 Å². The first-order valence-corrected chi connectivity index (χ1v) is 13.2. The minimum atomic E-state index is -0.439. The normalized spacial score (nSPS) is 16.0. The van der Waals surface area contributed by atoms with E-state index in [1.54, 1.807) is 12.1 Å². The molecule has 1 saturated carbocycles. The zero-order valence-electron chi connectivity index (χ0n) is 19.9. The van der Waals surface area contributed by atoms with E-state index in [1.807, 2.05) is 0 Å². The van der Waals surface area contributed by atoms with E-state index in [4.69, 9.17) is 23.2 Å². The number of nitrogens with one attached hydrogen (secondary N) is 1. The van der Waals surface area contributed by atoms with E-state index in [0.717, 1.165) is 23.4 Å². The van der Waals surface area contributed by atoms with Gasteiger partial charge in [-0.3, -0.25) is 19.3 Å². The number of hydrogen-bond acceptors (Lipinski definition) is 5. The molecule has 2 aliphatic rings. The monoisotopic (exact) mass is 541 g/mol. The summed E-state index contributed by atoms with van der Waals surface area (Å²) in [6, 6.07) is 14.7. The number of fused-ring (bicyclic) bond motifs is 1. The smallest absolute Gasteiger partial charge is 0.265 e. The Hall–Kier alpha value is -2.71. The van der Waals surface area contributed by atoms with Crippen molar-refractivity contribution in [2.45, 2.75) is 24.7 Å². The van der Waals surface area contributed by atoms with E-state index in [0.29, 0.717) is 15.6 Å². The molecule has 0 atom stereocenters. The van der Waals surface area contributed by atoms with Gasteiger partial charge in [0, 0.05) is 23.5 Å². The van der Waals surface area contributed by atoms with Gasteiger partial charge in [0.05, 0.1) is 26.0 Å². The van der Waals surface area contributed by atoms with Gasteiger partial charge in [-0.1, -0.05) is 47.5 Å². The van der Waals surface area contributed by atoms with E-state index in [2.05, 4.69) is 48.6 Å². The molecule has 0 radical (unpaired) electrons. The van der Waals surface area contributed by atoms with Crippen LogP contribution in [0.2, 0.25) is 9.36 Å². The molecule has 1 N–H and O–H groups in total. The lowest BCUT2D eigenvalue weighted by Gasteiger charge is -2.21. The predicted molar refractivity (Wildman–Crippen MR) is 144 cm³/mol. The number of rotatable bonds is 8. The zero-order chi connectivity index (χ0) is 25.6. The summed E-state index contributed by atoms with van der Waals surface area (Å²) in [6.07, 6.45) is 2.93.